The van der Waals surface area contributed by atoms with Crippen molar-refractivity contribution in [3.8, 4) is 11.1 Å². The first kappa shape index (κ1) is 22.8. The van der Waals surface area contributed by atoms with E-state index in [0.29, 0.717) is 5.56 Å². The van der Waals surface area contributed by atoms with E-state index in [4.69, 9.17) is 5.11 Å². The lowest BCUT2D eigenvalue weighted by molar-refractivity contribution is -0.146. The highest BCUT2D eigenvalue weighted by molar-refractivity contribution is 5.99. The molecule has 1 aliphatic carbocycles. The summed E-state index contributed by atoms with van der Waals surface area (Å²) >= 11 is 0. The van der Waals surface area contributed by atoms with E-state index in [1.54, 1.807) is 4.52 Å². The quantitative estimate of drug-likeness (QED) is 0.500. The fourth-order valence-electron chi connectivity index (χ4n) is 4.33. The average Bonchev–Trinajstić information content (AvgIpc) is 3.23. The van der Waals surface area contributed by atoms with E-state index in [-0.39, 0.29) is 35.7 Å². The van der Waals surface area contributed by atoms with Crippen LogP contribution < -0.4 is 5.32 Å². The van der Waals surface area contributed by atoms with Crippen molar-refractivity contribution < 1.29 is 28.6 Å². The number of fused-ring (bicyclic) bond motifs is 1. The number of carbonyl (C=O) groups is 2. The van der Waals surface area contributed by atoms with Gasteiger partial charge in [0.05, 0.1) is 11.9 Å². The van der Waals surface area contributed by atoms with Crippen LogP contribution in [0.3, 0.4) is 0 Å². The van der Waals surface area contributed by atoms with Gasteiger partial charge in [-0.25, -0.2) is 23.1 Å². The van der Waals surface area contributed by atoms with Crippen molar-refractivity contribution in [1.29, 1.82) is 0 Å². The van der Waals surface area contributed by atoms with Gasteiger partial charge in [-0.05, 0) is 25.0 Å². The number of amides is 1. The third-order valence-electron chi connectivity index (χ3n) is 6.01. The maximum Gasteiger partial charge on any atom is 0.332 e. The number of aliphatic hydroxyl groups excluding tert-OH is 1. The normalized spacial score (nSPS) is 15.5. The molecule has 8 nitrogen and oxygen atoms in total. The topological polar surface area (TPSA) is 117 Å². The summed E-state index contributed by atoms with van der Waals surface area (Å²) in [5.74, 6) is -3.17. The zero-order valence-corrected chi connectivity index (χ0v) is 17.8. The molecule has 0 unspecified atom stereocenters. The lowest BCUT2D eigenvalue weighted by Crippen LogP contribution is -2.30. The number of carboxylic acid groups (broad SMARTS) is 1. The number of hydrogen-bond donors (Lipinski definition) is 3. The number of benzene rings is 1. The van der Waals surface area contributed by atoms with E-state index in [1.165, 1.54) is 24.5 Å². The molecule has 33 heavy (non-hydrogen) atoms. The zero-order valence-electron chi connectivity index (χ0n) is 17.8. The average molecular weight is 458 g/mol. The van der Waals surface area contributed by atoms with Gasteiger partial charge in [0.25, 0.3) is 5.91 Å². The zero-order chi connectivity index (χ0) is 23.5. The summed E-state index contributed by atoms with van der Waals surface area (Å²) in [7, 11) is 0. The van der Waals surface area contributed by atoms with E-state index in [2.05, 4.69) is 15.4 Å². The number of halogens is 2. The summed E-state index contributed by atoms with van der Waals surface area (Å²) in [6.45, 7) is -0.0437. The van der Waals surface area contributed by atoms with Crippen molar-refractivity contribution in [2.45, 2.75) is 50.5 Å². The van der Waals surface area contributed by atoms with E-state index >= 15 is 0 Å². The molecule has 1 aromatic carbocycles. The van der Waals surface area contributed by atoms with Crippen LogP contribution in [0.15, 0.2) is 30.6 Å². The van der Waals surface area contributed by atoms with Crippen molar-refractivity contribution in [3.05, 3.63) is 53.5 Å². The van der Waals surface area contributed by atoms with Crippen LogP contribution in [0, 0.1) is 11.6 Å². The maximum atomic E-state index is 14.7. The Morgan fingerprint density at radius 2 is 1.91 bits per heavy atom. The van der Waals surface area contributed by atoms with Crippen LogP contribution in [0.4, 0.5) is 8.78 Å². The van der Waals surface area contributed by atoms with Crippen molar-refractivity contribution in [2.75, 3.05) is 6.54 Å². The molecule has 3 N–H and O–H groups in total. The molecule has 3 aromatic rings. The summed E-state index contributed by atoms with van der Waals surface area (Å²) in [5, 5.41) is 25.1. The monoisotopic (exact) mass is 458 g/mol. The van der Waals surface area contributed by atoms with Gasteiger partial charge in [-0.3, -0.25) is 4.79 Å². The van der Waals surface area contributed by atoms with E-state index < -0.39 is 29.6 Å². The highest BCUT2D eigenvalue weighted by atomic mass is 19.1. The van der Waals surface area contributed by atoms with E-state index in [1.807, 2.05) is 0 Å². The Bertz CT molecular complexity index is 1190. The highest BCUT2D eigenvalue weighted by Crippen LogP contribution is 2.39. The molecule has 2 aromatic heterocycles. The molecule has 1 saturated carbocycles. The molecule has 10 heteroatoms. The summed E-state index contributed by atoms with van der Waals surface area (Å²) in [4.78, 5) is 27.8. The van der Waals surface area contributed by atoms with E-state index in [0.717, 1.165) is 43.9 Å². The SMILES string of the molecule is O=C(NCC[C@H](O)C(=O)O)c1cnn2c(C3CCCCC3)c(-c3ccc(F)cc3F)cnc12. The van der Waals surface area contributed by atoms with Gasteiger partial charge in [-0.15, -0.1) is 0 Å². The van der Waals surface area contributed by atoms with Gasteiger partial charge in [-0.2, -0.15) is 5.10 Å². The number of rotatable bonds is 7. The fourth-order valence-corrected chi connectivity index (χ4v) is 4.33. The van der Waals surface area contributed by atoms with Crippen molar-refractivity contribution in [2.24, 2.45) is 0 Å². The first-order valence-electron chi connectivity index (χ1n) is 10.9. The first-order valence-corrected chi connectivity index (χ1v) is 10.9. The largest absolute Gasteiger partial charge is 0.479 e. The molecule has 0 bridgehead atoms. The van der Waals surface area contributed by atoms with Crippen LogP contribution in [-0.2, 0) is 4.79 Å². The maximum absolute atomic E-state index is 14.7. The predicted octanol–water partition coefficient (Wildman–Crippen LogP) is 3.29. The van der Waals surface area contributed by atoms with Crippen LogP contribution in [0.5, 0.6) is 0 Å². The van der Waals surface area contributed by atoms with Gasteiger partial charge in [0.15, 0.2) is 11.8 Å². The third kappa shape index (κ3) is 4.70. The number of carbonyl (C=O) groups excluding carboxylic acids is 1. The minimum absolute atomic E-state index is 0.0437. The second-order valence-corrected chi connectivity index (χ2v) is 8.21. The highest BCUT2D eigenvalue weighted by Gasteiger charge is 2.26. The Hall–Kier alpha value is -3.40. The van der Waals surface area contributed by atoms with Gasteiger partial charge in [-0.1, -0.05) is 19.3 Å². The summed E-state index contributed by atoms with van der Waals surface area (Å²) < 4.78 is 29.7. The van der Waals surface area contributed by atoms with Crippen LogP contribution in [-0.4, -0.2) is 49.3 Å². The second-order valence-electron chi connectivity index (χ2n) is 8.21. The number of aliphatic carboxylic acids is 1. The fraction of sp³-hybridized carbons (Fsp3) is 0.391. The lowest BCUT2D eigenvalue weighted by Gasteiger charge is -2.25. The Balaban J connectivity index is 1.72. The predicted molar refractivity (Wildman–Crippen MR) is 115 cm³/mol. The summed E-state index contributed by atoms with van der Waals surface area (Å²) in [6.07, 6.45) is 6.03. The first-order chi connectivity index (χ1) is 15.9. The van der Waals surface area contributed by atoms with Gasteiger partial charge >= 0.3 is 5.97 Å². The van der Waals surface area contributed by atoms with Gasteiger partial charge in [0.1, 0.15) is 17.2 Å². The summed E-state index contributed by atoms with van der Waals surface area (Å²) in [6, 6.07) is 3.41. The molecule has 1 atom stereocenters. The molecule has 1 amide bonds. The molecule has 0 spiro atoms. The van der Waals surface area contributed by atoms with Gasteiger partial charge < -0.3 is 15.5 Å². The number of aliphatic hydroxyl groups is 1. The number of hydrogen-bond acceptors (Lipinski definition) is 5. The molecule has 0 aliphatic heterocycles. The summed E-state index contributed by atoms with van der Waals surface area (Å²) in [5.41, 5.74) is 1.92. The molecule has 0 radical (unpaired) electrons. The van der Waals surface area contributed by atoms with Crippen molar-refractivity contribution >= 4 is 17.5 Å². The standard InChI is InChI=1S/C23H24F2N4O4/c24-14-6-7-15(18(25)10-14)16-11-27-21-17(22(31)26-9-8-19(30)23(32)33)12-28-29(21)20(16)13-4-2-1-3-5-13/h6-7,10-13,19,30H,1-5,8-9H2,(H,26,31)(H,32,33)/t19-/m0/s1. The Morgan fingerprint density at radius 3 is 2.61 bits per heavy atom. The number of nitrogens with one attached hydrogen (secondary N) is 1. The minimum atomic E-state index is -1.57. The molecular formula is C23H24F2N4O4. The molecule has 4 rings (SSSR count). The van der Waals surface area contributed by atoms with Crippen LogP contribution in [0.25, 0.3) is 16.8 Å². The van der Waals surface area contributed by atoms with Crippen LogP contribution >= 0.6 is 0 Å². The Kier molecular flexibility index (Phi) is 6.64. The third-order valence-corrected chi connectivity index (χ3v) is 6.01. The Morgan fingerprint density at radius 1 is 1.15 bits per heavy atom. The molecule has 0 saturated heterocycles. The minimum Gasteiger partial charge on any atom is -0.479 e. The molecule has 174 valence electrons. The van der Waals surface area contributed by atoms with E-state index in [9.17, 15) is 23.5 Å². The van der Waals surface area contributed by atoms with Crippen molar-refractivity contribution in [1.82, 2.24) is 19.9 Å². The number of aromatic nitrogens is 3. The molecule has 1 fully saturated rings. The van der Waals surface area contributed by atoms with Crippen LogP contribution in [0.1, 0.15) is 60.5 Å². The van der Waals surface area contributed by atoms with Gasteiger partial charge in [0, 0.05) is 42.3 Å². The molecular weight excluding hydrogens is 434 g/mol. The second kappa shape index (κ2) is 9.62. The van der Waals surface area contributed by atoms with Crippen molar-refractivity contribution in [3.63, 3.8) is 0 Å². The number of carboxylic acids is 1. The number of nitrogens with zero attached hydrogens (tertiary/aromatic N) is 3. The van der Waals surface area contributed by atoms with Crippen LogP contribution in [0.2, 0.25) is 0 Å². The lowest BCUT2D eigenvalue weighted by atomic mass is 9.84. The smallest absolute Gasteiger partial charge is 0.332 e. The molecule has 2 heterocycles. The van der Waals surface area contributed by atoms with Gasteiger partial charge in [0.2, 0.25) is 0 Å². The Labute approximate surface area is 188 Å². The molecule has 1 aliphatic rings.